The van der Waals surface area contributed by atoms with E-state index in [0.29, 0.717) is 0 Å². The molecule has 0 bridgehead atoms. The molecule has 1 saturated heterocycles. The van der Waals surface area contributed by atoms with Crippen LogP contribution in [-0.2, 0) is 14.3 Å². The van der Waals surface area contributed by atoms with Crippen LogP contribution >= 0.6 is 0 Å². The number of hydrogen-bond acceptors (Lipinski definition) is 4. The topological polar surface area (TPSA) is 63.6 Å². The van der Waals surface area contributed by atoms with Gasteiger partial charge in [-0.15, -0.1) is 0 Å². The van der Waals surface area contributed by atoms with Gasteiger partial charge in [0.25, 0.3) is 0 Å². The van der Waals surface area contributed by atoms with E-state index in [0.717, 1.165) is 24.8 Å². The Labute approximate surface area is 153 Å². The molecule has 0 radical (unpaired) electrons. The Hall–Kier alpha value is -1.16. The van der Waals surface area contributed by atoms with Crippen molar-refractivity contribution in [1.29, 1.82) is 0 Å². The summed E-state index contributed by atoms with van der Waals surface area (Å²) >= 11 is 0. The van der Waals surface area contributed by atoms with Crippen LogP contribution in [0.2, 0.25) is 0 Å². The highest BCUT2D eigenvalue weighted by Crippen LogP contribution is 2.34. The molecule has 4 nitrogen and oxygen atoms in total. The summed E-state index contributed by atoms with van der Waals surface area (Å²) in [6.07, 6.45) is 3.90. The Balaban J connectivity index is 2.62. The fourth-order valence-corrected chi connectivity index (χ4v) is 3.80. The second kappa shape index (κ2) is 9.51. The maximum absolute atomic E-state index is 12.6. The van der Waals surface area contributed by atoms with Crippen LogP contribution in [0.1, 0.15) is 67.7 Å². The minimum atomic E-state index is -0.590. The number of carbonyl (C=O) groups excluding carboxylic acids is 2. The summed E-state index contributed by atoms with van der Waals surface area (Å²) in [4.78, 5) is 24.0. The van der Waals surface area contributed by atoms with Crippen molar-refractivity contribution >= 4 is 11.8 Å². The van der Waals surface area contributed by atoms with E-state index < -0.39 is 6.10 Å². The number of rotatable bonds is 10. The Morgan fingerprint density at radius 1 is 1.24 bits per heavy atom. The normalized spacial score (nSPS) is 26.9. The van der Waals surface area contributed by atoms with E-state index in [1.807, 2.05) is 47.6 Å². The van der Waals surface area contributed by atoms with Crippen LogP contribution < -0.4 is 0 Å². The Morgan fingerprint density at radius 2 is 1.84 bits per heavy atom. The van der Waals surface area contributed by atoms with Crippen molar-refractivity contribution in [1.82, 2.24) is 0 Å². The first-order valence-electron chi connectivity index (χ1n) is 9.73. The first-order chi connectivity index (χ1) is 11.6. The van der Waals surface area contributed by atoms with E-state index in [4.69, 9.17) is 4.74 Å². The SMILES string of the molecule is CC[C@@H](C)[C@@H](O)[C@H](C)C(=O)[C@H](C)/C=C(\C)C[C@H](C)[C@@H]1OC(=O)[C@H]1CC. The zero-order chi connectivity index (χ0) is 19.3. The quantitative estimate of drug-likeness (QED) is 0.474. The number of aliphatic hydroxyl groups is 1. The lowest BCUT2D eigenvalue weighted by atomic mass is 9.81. The lowest BCUT2D eigenvalue weighted by Gasteiger charge is -2.38. The molecule has 0 saturated carbocycles. The minimum absolute atomic E-state index is 0.00185. The number of ketones is 1. The van der Waals surface area contributed by atoms with Gasteiger partial charge in [-0.3, -0.25) is 9.59 Å². The van der Waals surface area contributed by atoms with Crippen LogP contribution in [0.4, 0.5) is 0 Å². The molecule has 7 atom stereocenters. The molecular weight excluding hydrogens is 316 g/mol. The van der Waals surface area contributed by atoms with Crippen LogP contribution in [0.25, 0.3) is 0 Å². The smallest absolute Gasteiger partial charge is 0.313 e. The number of esters is 1. The molecule has 0 aromatic heterocycles. The molecule has 25 heavy (non-hydrogen) atoms. The first kappa shape index (κ1) is 21.9. The van der Waals surface area contributed by atoms with Crippen molar-refractivity contribution in [2.45, 2.75) is 79.9 Å². The molecule has 144 valence electrons. The van der Waals surface area contributed by atoms with E-state index in [2.05, 4.69) is 6.92 Å². The highest BCUT2D eigenvalue weighted by molar-refractivity contribution is 5.85. The van der Waals surface area contributed by atoms with Gasteiger partial charge in [-0.2, -0.15) is 0 Å². The first-order valence-corrected chi connectivity index (χ1v) is 9.73. The van der Waals surface area contributed by atoms with Crippen LogP contribution in [0.15, 0.2) is 11.6 Å². The molecule has 0 aromatic carbocycles. The van der Waals surface area contributed by atoms with E-state index in [9.17, 15) is 14.7 Å². The standard InChI is InChI=1S/C21H36O4/c1-8-13(4)18(22)16(7)19(23)14(5)10-12(3)11-15(6)20-17(9-2)21(24)25-20/h10,13-18,20,22H,8-9,11H2,1-7H3/b12-10+/t13-,14-,15+,16+,17+,18-,20+/m1/s1. The van der Waals surface area contributed by atoms with Gasteiger partial charge in [0.2, 0.25) is 0 Å². The minimum Gasteiger partial charge on any atom is -0.461 e. The maximum Gasteiger partial charge on any atom is 0.313 e. The monoisotopic (exact) mass is 352 g/mol. The summed E-state index contributed by atoms with van der Waals surface area (Å²) < 4.78 is 5.30. The highest BCUT2D eigenvalue weighted by atomic mass is 16.6. The molecule has 0 unspecified atom stereocenters. The van der Waals surface area contributed by atoms with Crippen molar-refractivity contribution in [3.63, 3.8) is 0 Å². The van der Waals surface area contributed by atoms with Crippen LogP contribution in [0.5, 0.6) is 0 Å². The molecule has 0 aliphatic carbocycles. The highest BCUT2D eigenvalue weighted by Gasteiger charge is 2.43. The number of carbonyl (C=O) groups is 2. The number of allylic oxidation sites excluding steroid dienone is 2. The summed E-state index contributed by atoms with van der Waals surface area (Å²) in [5.41, 5.74) is 1.14. The molecule has 1 N–H and O–H groups in total. The number of hydrogen-bond donors (Lipinski definition) is 1. The average Bonchev–Trinajstić information content (AvgIpc) is 2.56. The van der Waals surface area contributed by atoms with Gasteiger partial charge in [-0.05, 0) is 31.6 Å². The number of Topliss-reactive ketones (excluding diaryl/α,β-unsaturated/α-hetero) is 1. The second-order valence-electron chi connectivity index (χ2n) is 7.97. The van der Waals surface area contributed by atoms with Crippen molar-refractivity contribution in [3.8, 4) is 0 Å². The van der Waals surface area contributed by atoms with Crippen LogP contribution in [0, 0.1) is 29.6 Å². The van der Waals surface area contributed by atoms with E-state index in [1.165, 1.54) is 0 Å². The number of cyclic esters (lactones) is 1. The maximum atomic E-state index is 12.6. The Bertz CT molecular complexity index is 496. The third-order valence-corrected chi connectivity index (χ3v) is 5.77. The third kappa shape index (κ3) is 5.40. The van der Waals surface area contributed by atoms with Crippen molar-refractivity contribution < 1.29 is 19.4 Å². The van der Waals surface area contributed by atoms with Gasteiger partial charge < -0.3 is 9.84 Å². The van der Waals surface area contributed by atoms with Gasteiger partial charge in [-0.1, -0.05) is 59.6 Å². The van der Waals surface area contributed by atoms with Crippen LogP contribution in [0.3, 0.4) is 0 Å². The molecule has 1 aliphatic heterocycles. The van der Waals surface area contributed by atoms with Gasteiger partial charge in [0, 0.05) is 11.8 Å². The largest absolute Gasteiger partial charge is 0.461 e. The molecule has 0 amide bonds. The van der Waals surface area contributed by atoms with E-state index in [-0.39, 0.29) is 47.4 Å². The zero-order valence-corrected chi connectivity index (χ0v) is 16.9. The number of ether oxygens (including phenoxy) is 1. The zero-order valence-electron chi connectivity index (χ0n) is 16.9. The summed E-state index contributed by atoms with van der Waals surface area (Å²) in [5.74, 6) is -0.179. The number of aliphatic hydroxyl groups excluding tert-OH is 1. The van der Waals surface area contributed by atoms with E-state index >= 15 is 0 Å². The second-order valence-corrected chi connectivity index (χ2v) is 7.97. The summed E-state index contributed by atoms with van der Waals surface area (Å²) in [7, 11) is 0. The van der Waals surface area contributed by atoms with E-state index in [1.54, 1.807) is 0 Å². The van der Waals surface area contributed by atoms with Gasteiger partial charge >= 0.3 is 5.97 Å². The molecule has 0 spiro atoms. The molecule has 1 heterocycles. The Morgan fingerprint density at radius 3 is 2.32 bits per heavy atom. The van der Waals surface area contributed by atoms with Gasteiger partial charge in [0.05, 0.1) is 12.0 Å². The summed E-state index contributed by atoms with van der Waals surface area (Å²) in [6, 6.07) is 0. The van der Waals surface area contributed by atoms with Gasteiger partial charge in [0.15, 0.2) is 0 Å². The lowest BCUT2D eigenvalue weighted by Crippen LogP contribution is -2.48. The van der Waals surface area contributed by atoms with Crippen LogP contribution in [-0.4, -0.2) is 29.1 Å². The molecule has 0 aromatic rings. The fourth-order valence-electron chi connectivity index (χ4n) is 3.80. The fraction of sp³-hybridized carbons (Fsp3) is 0.810. The van der Waals surface area contributed by atoms with Crippen molar-refractivity contribution in [2.75, 3.05) is 0 Å². The lowest BCUT2D eigenvalue weighted by molar-refractivity contribution is -0.191. The van der Waals surface area contributed by atoms with Gasteiger partial charge in [-0.25, -0.2) is 0 Å². The molecule has 1 rings (SSSR count). The average molecular weight is 353 g/mol. The third-order valence-electron chi connectivity index (χ3n) is 5.77. The van der Waals surface area contributed by atoms with Gasteiger partial charge in [0.1, 0.15) is 11.9 Å². The molecule has 4 heteroatoms. The van der Waals surface area contributed by atoms with Crippen molar-refractivity contribution in [2.24, 2.45) is 29.6 Å². The summed E-state index contributed by atoms with van der Waals surface area (Å²) in [6.45, 7) is 13.9. The predicted octanol–water partition coefficient (Wildman–Crippen LogP) is 4.16. The molecular formula is C21H36O4. The van der Waals surface area contributed by atoms with Crippen molar-refractivity contribution in [3.05, 3.63) is 11.6 Å². The Kier molecular flexibility index (Phi) is 8.33. The summed E-state index contributed by atoms with van der Waals surface area (Å²) in [5, 5.41) is 10.3. The predicted molar refractivity (Wildman–Crippen MR) is 100.0 cm³/mol. The molecule has 1 fully saturated rings. The molecule has 1 aliphatic rings.